The molecule has 0 radical (unpaired) electrons. The van der Waals surface area contributed by atoms with Crippen molar-refractivity contribution in [3.05, 3.63) is 30.5 Å². The van der Waals surface area contributed by atoms with Gasteiger partial charge in [0.2, 0.25) is 0 Å². The predicted octanol–water partition coefficient (Wildman–Crippen LogP) is 0.972. The van der Waals surface area contributed by atoms with Gasteiger partial charge in [-0.1, -0.05) is 18.2 Å². The molecule has 0 amide bonds. The summed E-state index contributed by atoms with van der Waals surface area (Å²) in [6, 6.07) is 7.57. The molecule has 2 aromatic rings. The summed E-state index contributed by atoms with van der Waals surface area (Å²) in [7, 11) is 0. The number of pyridine rings is 1. The molecule has 2 rings (SSSR count). The Morgan fingerprint density at radius 2 is 1.94 bits per heavy atom. The second kappa shape index (κ2) is 4.80. The molecule has 0 bridgehead atoms. The maximum absolute atomic E-state index is 9.33. The van der Waals surface area contributed by atoms with Crippen LogP contribution < -0.4 is 11.1 Å². The largest absolute Gasteiger partial charge is 0.396 e. The Hall–Kier alpha value is -1.85. The lowest BCUT2D eigenvalue weighted by Crippen LogP contribution is -2.42. The fraction of sp³-hybridized carbons (Fsp3) is 0.308. The maximum atomic E-state index is 9.33. The Morgan fingerprint density at radius 3 is 2.61 bits per heavy atom. The first-order valence-corrected chi connectivity index (χ1v) is 5.73. The molecule has 0 spiro atoms. The van der Waals surface area contributed by atoms with E-state index in [0.717, 1.165) is 10.9 Å². The number of para-hydroxylation sites is 1. The molecule has 5 heteroatoms. The smallest absolute Gasteiger partial charge is 0.0807 e. The van der Waals surface area contributed by atoms with Crippen LogP contribution in [0.25, 0.3) is 10.9 Å². The fourth-order valence-corrected chi connectivity index (χ4v) is 1.73. The molecule has 0 saturated heterocycles. The van der Waals surface area contributed by atoms with Crippen LogP contribution in [0.5, 0.6) is 0 Å². The zero-order valence-electron chi connectivity index (χ0n) is 10.2. The highest BCUT2D eigenvalue weighted by atomic mass is 16.3. The number of hydrogen-bond acceptors (Lipinski definition) is 5. The van der Waals surface area contributed by atoms with Crippen molar-refractivity contribution >= 4 is 22.3 Å². The number of benzene rings is 1. The normalized spacial score (nSPS) is 11.7. The van der Waals surface area contributed by atoms with Gasteiger partial charge in [0, 0.05) is 5.39 Å². The van der Waals surface area contributed by atoms with Gasteiger partial charge < -0.3 is 21.3 Å². The van der Waals surface area contributed by atoms with Crippen molar-refractivity contribution in [2.75, 3.05) is 24.3 Å². The third-order valence-electron chi connectivity index (χ3n) is 2.93. The van der Waals surface area contributed by atoms with Crippen molar-refractivity contribution in [3.63, 3.8) is 0 Å². The number of fused-ring (bicyclic) bond motifs is 1. The van der Waals surface area contributed by atoms with E-state index in [0.29, 0.717) is 11.4 Å². The molecule has 5 N–H and O–H groups in total. The zero-order chi connectivity index (χ0) is 13.2. The molecule has 0 saturated carbocycles. The van der Waals surface area contributed by atoms with Gasteiger partial charge in [-0.15, -0.1) is 0 Å². The third kappa shape index (κ3) is 2.23. The second-order valence-electron chi connectivity index (χ2n) is 4.61. The lowest BCUT2D eigenvalue weighted by molar-refractivity contribution is 0.147. The Labute approximate surface area is 105 Å². The van der Waals surface area contributed by atoms with Crippen LogP contribution in [0.15, 0.2) is 30.5 Å². The summed E-state index contributed by atoms with van der Waals surface area (Å²) in [4.78, 5) is 4.23. The van der Waals surface area contributed by atoms with Crippen molar-refractivity contribution in [2.45, 2.75) is 12.5 Å². The Kier molecular flexibility index (Phi) is 3.36. The van der Waals surface area contributed by atoms with E-state index in [1.807, 2.05) is 24.3 Å². The molecular formula is C13H17N3O2. The van der Waals surface area contributed by atoms with E-state index < -0.39 is 5.54 Å². The number of nitrogens with one attached hydrogen (secondary N) is 1. The van der Waals surface area contributed by atoms with Crippen LogP contribution >= 0.6 is 0 Å². The van der Waals surface area contributed by atoms with Crippen LogP contribution in [0.1, 0.15) is 6.92 Å². The first kappa shape index (κ1) is 12.6. The maximum Gasteiger partial charge on any atom is 0.0807 e. The molecule has 0 aliphatic rings. The van der Waals surface area contributed by atoms with Gasteiger partial charge in [-0.3, -0.25) is 4.98 Å². The molecule has 18 heavy (non-hydrogen) atoms. The number of anilines is 2. The van der Waals surface area contributed by atoms with Crippen molar-refractivity contribution < 1.29 is 10.2 Å². The highest BCUT2D eigenvalue weighted by Gasteiger charge is 2.23. The van der Waals surface area contributed by atoms with E-state index >= 15 is 0 Å². The first-order valence-electron chi connectivity index (χ1n) is 5.73. The van der Waals surface area contributed by atoms with Crippen LogP contribution in [-0.2, 0) is 0 Å². The third-order valence-corrected chi connectivity index (χ3v) is 2.93. The number of aliphatic hydroxyl groups is 2. The van der Waals surface area contributed by atoms with Gasteiger partial charge in [0.1, 0.15) is 0 Å². The van der Waals surface area contributed by atoms with E-state index in [9.17, 15) is 10.2 Å². The van der Waals surface area contributed by atoms with Crippen LogP contribution in [0.3, 0.4) is 0 Å². The molecule has 1 aromatic carbocycles. The van der Waals surface area contributed by atoms with Gasteiger partial charge in [0.25, 0.3) is 0 Å². The van der Waals surface area contributed by atoms with E-state index in [1.165, 1.54) is 0 Å². The van der Waals surface area contributed by atoms with Gasteiger partial charge in [0.05, 0.1) is 41.8 Å². The highest BCUT2D eigenvalue weighted by molar-refractivity contribution is 5.97. The van der Waals surface area contributed by atoms with Crippen molar-refractivity contribution in [1.29, 1.82) is 0 Å². The Balaban J connectivity index is 2.52. The standard InChI is InChI=1S/C13H17N3O2/c1-13(7-17,8-18)16-12-9-4-2-3-5-11(9)15-6-10(12)14/h2-6,17-18H,7-8,14H2,1H3,(H,15,16). The SMILES string of the molecule is CC(CO)(CO)Nc1c(N)cnc2ccccc12. The molecule has 0 unspecified atom stereocenters. The summed E-state index contributed by atoms with van der Waals surface area (Å²) in [5.74, 6) is 0. The monoisotopic (exact) mass is 247 g/mol. The summed E-state index contributed by atoms with van der Waals surface area (Å²) >= 11 is 0. The number of aliphatic hydroxyl groups excluding tert-OH is 2. The van der Waals surface area contributed by atoms with Gasteiger partial charge in [0.15, 0.2) is 0 Å². The lowest BCUT2D eigenvalue weighted by Gasteiger charge is -2.28. The van der Waals surface area contributed by atoms with Gasteiger partial charge in [-0.05, 0) is 13.0 Å². The van der Waals surface area contributed by atoms with E-state index in [4.69, 9.17) is 5.73 Å². The second-order valence-corrected chi connectivity index (χ2v) is 4.61. The molecular weight excluding hydrogens is 230 g/mol. The molecule has 0 atom stereocenters. The summed E-state index contributed by atoms with van der Waals surface area (Å²) < 4.78 is 0. The Bertz CT molecular complexity index is 553. The topological polar surface area (TPSA) is 91.4 Å². The van der Waals surface area contributed by atoms with Gasteiger partial charge in [-0.25, -0.2) is 0 Å². The average molecular weight is 247 g/mol. The average Bonchev–Trinajstić information content (AvgIpc) is 2.42. The van der Waals surface area contributed by atoms with Crippen molar-refractivity contribution in [3.8, 4) is 0 Å². The molecule has 1 aromatic heterocycles. The van der Waals surface area contributed by atoms with Gasteiger partial charge in [-0.2, -0.15) is 0 Å². The summed E-state index contributed by atoms with van der Waals surface area (Å²) in [6.07, 6.45) is 1.57. The number of nitrogen functional groups attached to an aromatic ring is 1. The summed E-state index contributed by atoms with van der Waals surface area (Å²) in [5.41, 5.74) is 7.08. The quantitative estimate of drug-likeness (QED) is 0.646. The highest BCUT2D eigenvalue weighted by Crippen LogP contribution is 2.29. The number of aromatic nitrogens is 1. The van der Waals surface area contributed by atoms with E-state index in [2.05, 4.69) is 10.3 Å². The van der Waals surface area contributed by atoms with Crippen LogP contribution in [-0.4, -0.2) is 33.9 Å². The minimum absolute atomic E-state index is 0.195. The Morgan fingerprint density at radius 1 is 1.28 bits per heavy atom. The number of nitrogens with zero attached hydrogens (tertiary/aromatic N) is 1. The number of hydrogen-bond donors (Lipinski definition) is 4. The number of rotatable bonds is 4. The molecule has 0 aliphatic carbocycles. The summed E-state index contributed by atoms with van der Waals surface area (Å²) in [6.45, 7) is 1.33. The molecule has 0 aliphatic heterocycles. The number of nitrogens with two attached hydrogens (primary N) is 1. The zero-order valence-corrected chi connectivity index (χ0v) is 10.2. The lowest BCUT2D eigenvalue weighted by atomic mass is 10.0. The van der Waals surface area contributed by atoms with E-state index in [-0.39, 0.29) is 13.2 Å². The van der Waals surface area contributed by atoms with Crippen LogP contribution in [0.2, 0.25) is 0 Å². The predicted molar refractivity (Wildman–Crippen MR) is 72.4 cm³/mol. The van der Waals surface area contributed by atoms with Gasteiger partial charge >= 0.3 is 0 Å². The van der Waals surface area contributed by atoms with E-state index in [1.54, 1.807) is 13.1 Å². The van der Waals surface area contributed by atoms with Crippen LogP contribution in [0, 0.1) is 0 Å². The van der Waals surface area contributed by atoms with Crippen molar-refractivity contribution in [1.82, 2.24) is 4.98 Å². The van der Waals surface area contributed by atoms with Crippen molar-refractivity contribution in [2.24, 2.45) is 0 Å². The molecule has 0 fully saturated rings. The van der Waals surface area contributed by atoms with Crippen LogP contribution in [0.4, 0.5) is 11.4 Å². The summed E-state index contributed by atoms with van der Waals surface area (Å²) in [5, 5.41) is 22.6. The minimum Gasteiger partial charge on any atom is -0.396 e. The minimum atomic E-state index is -0.821. The fourth-order valence-electron chi connectivity index (χ4n) is 1.73. The molecule has 5 nitrogen and oxygen atoms in total. The molecule has 96 valence electrons. The first-order chi connectivity index (χ1) is 8.59. The molecule has 1 heterocycles.